The van der Waals surface area contributed by atoms with Crippen molar-refractivity contribution in [2.75, 3.05) is 33.4 Å². The smallest absolute Gasteiger partial charge is 0.147 e. The van der Waals surface area contributed by atoms with Crippen molar-refractivity contribution in [2.45, 2.75) is 128 Å². The molecule has 0 saturated heterocycles. The first-order chi connectivity index (χ1) is 17.3. The van der Waals surface area contributed by atoms with Gasteiger partial charge in [0, 0.05) is 25.2 Å². The molecule has 1 unspecified atom stereocenters. The van der Waals surface area contributed by atoms with Gasteiger partial charge in [0.05, 0.1) is 17.3 Å². The molecule has 5 aliphatic rings. The average Bonchev–Trinajstić information content (AvgIpc) is 3.61. The van der Waals surface area contributed by atoms with Crippen LogP contribution in [0.2, 0.25) is 0 Å². The molecule has 5 aliphatic carbocycles. The molecule has 0 bridgehead atoms. The summed E-state index contributed by atoms with van der Waals surface area (Å²) in [5.41, 5.74) is -1.61. The maximum Gasteiger partial charge on any atom is 0.147 e. The standard InChI is InChI=1S/C30H52O6/c1-6-32-20-34-23-11-13-26(4)22(19-23)9-10-25-24(26)12-14-27(5)29(25,36-21-33-7-2)17-18-30(27,31)28(15-16-28)35-8-3/h22-25,31H,6-21H2,1-5H3/t22-,23+,24+,25-,26+,27+,29+,30?/m1/s1. The summed E-state index contributed by atoms with van der Waals surface area (Å²) in [7, 11) is 0. The van der Waals surface area contributed by atoms with E-state index >= 15 is 0 Å². The van der Waals surface area contributed by atoms with Crippen molar-refractivity contribution in [3.8, 4) is 0 Å². The van der Waals surface area contributed by atoms with Gasteiger partial charge in [-0.05, 0) is 115 Å². The number of aliphatic hydroxyl groups is 1. The summed E-state index contributed by atoms with van der Waals surface area (Å²) in [6.45, 7) is 13.8. The molecule has 0 aromatic carbocycles. The molecule has 5 saturated carbocycles. The van der Waals surface area contributed by atoms with E-state index in [4.69, 9.17) is 23.7 Å². The Kier molecular flexibility index (Phi) is 7.64. The third kappa shape index (κ3) is 3.87. The molecule has 0 spiro atoms. The quantitative estimate of drug-likeness (QED) is 0.279. The first-order valence-electron chi connectivity index (χ1n) is 15.0. The second kappa shape index (κ2) is 10.1. The second-order valence-electron chi connectivity index (χ2n) is 13.0. The molecule has 0 heterocycles. The van der Waals surface area contributed by atoms with Crippen LogP contribution in [0.1, 0.15) is 105 Å². The minimum Gasteiger partial charge on any atom is -0.386 e. The highest BCUT2D eigenvalue weighted by Crippen LogP contribution is 2.74. The SMILES string of the molecule is CCOCO[C@H]1CC[C@@]2(C)[C@H](CC[C@@H]3[C@@H]2CC[C@]2(C)C(O)(C4(OCC)CC4)CC[C@]32OCOCC)C1. The van der Waals surface area contributed by atoms with E-state index in [0.717, 1.165) is 44.9 Å². The summed E-state index contributed by atoms with van der Waals surface area (Å²) in [6.07, 6.45) is 12.0. The lowest BCUT2D eigenvalue weighted by Gasteiger charge is -2.66. The topological polar surface area (TPSA) is 66.4 Å². The van der Waals surface area contributed by atoms with E-state index in [2.05, 4.69) is 20.8 Å². The zero-order valence-corrected chi connectivity index (χ0v) is 23.6. The van der Waals surface area contributed by atoms with Crippen LogP contribution in [-0.4, -0.2) is 61.4 Å². The molecule has 36 heavy (non-hydrogen) atoms. The zero-order valence-electron chi connectivity index (χ0n) is 23.6. The first kappa shape index (κ1) is 27.3. The largest absolute Gasteiger partial charge is 0.386 e. The van der Waals surface area contributed by atoms with Crippen molar-refractivity contribution in [2.24, 2.45) is 28.6 Å². The van der Waals surface area contributed by atoms with Crippen LogP contribution >= 0.6 is 0 Å². The molecule has 6 heteroatoms. The summed E-state index contributed by atoms with van der Waals surface area (Å²) in [4.78, 5) is 0. The van der Waals surface area contributed by atoms with Crippen LogP contribution in [0, 0.1) is 28.6 Å². The lowest BCUT2D eigenvalue weighted by Crippen LogP contribution is -2.69. The molecule has 0 aromatic heterocycles. The highest BCUT2D eigenvalue weighted by molar-refractivity contribution is 5.29. The van der Waals surface area contributed by atoms with Gasteiger partial charge in [-0.25, -0.2) is 0 Å². The minimum atomic E-state index is -0.838. The Balaban J connectivity index is 1.42. The first-order valence-corrected chi connectivity index (χ1v) is 15.0. The van der Waals surface area contributed by atoms with Crippen LogP contribution < -0.4 is 0 Å². The molecular weight excluding hydrogens is 456 g/mol. The van der Waals surface area contributed by atoms with Gasteiger partial charge in [-0.2, -0.15) is 0 Å². The summed E-state index contributed by atoms with van der Waals surface area (Å²) >= 11 is 0. The molecule has 5 fully saturated rings. The van der Waals surface area contributed by atoms with E-state index < -0.39 is 11.2 Å². The fourth-order valence-electron chi connectivity index (χ4n) is 9.92. The number of fused-ring (bicyclic) bond motifs is 5. The van der Waals surface area contributed by atoms with Crippen LogP contribution in [0.15, 0.2) is 0 Å². The van der Waals surface area contributed by atoms with Crippen LogP contribution in [0.4, 0.5) is 0 Å². The predicted molar refractivity (Wildman–Crippen MR) is 138 cm³/mol. The van der Waals surface area contributed by atoms with Gasteiger partial charge in [0.15, 0.2) is 0 Å². The lowest BCUT2D eigenvalue weighted by molar-refractivity contribution is -0.295. The van der Waals surface area contributed by atoms with Crippen LogP contribution in [-0.2, 0) is 23.7 Å². The summed E-state index contributed by atoms with van der Waals surface area (Å²) in [6, 6.07) is 0. The molecular formula is C30H52O6. The Labute approximate surface area is 219 Å². The van der Waals surface area contributed by atoms with Gasteiger partial charge in [-0.1, -0.05) is 13.8 Å². The molecule has 0 aliphatic heterocycles. The highest BCUT2D eigenvalue weighted by Gasteiger charge is 2.79. The zero-order chi connectivity index (χ0) is 25.7. The Morgan fingerprint density at radius 1 is 0.722 bits per heavy atom. The number of hydrogen-bond acceptors (Lipinski definition) is 6. The van der Waals surface area contributed by atoms with Crippen LogP contribution in [0.5, 0.6) is 0 Å². The van der Waals surface area contributed by atoms with Gasteiger partial charge in [0.25, 0.3) is 0 Å². The maximum atomic E-state index is 12.5. The Hall–Kier alpha value is -0.240. The van der Waals surface area contributed by atoms with Gasteiger partial charge in [-0.3, -0.25) is 0 Å². The summed E-state index contributed by atoms with van der Waals surface area (Å²) in [5, 5.41) is 12.5. The highest BCUT2D eigenvalue weighted by atomic mass is 16.7. The van der Waals surface area contributed by atoms with Crippen molar-refractivity contribution >= 4 is 0 Å². The normalized spacial score (nSPS) is 47.2. The molecule has 0 radical (unpaired) electrons. The molecule has 1 N–H and O–H groups in total. The van der Waals surface area contributed by atoms with Gasteiger partial charge in [-0.15, -0.1) is 0 Å². The maximum absolute atomic E-state index is 12.5. The number of hydrogen-bond donors (Lipinski definition) is 1. The molecule has 208 valence electrons. The monoisotopic (exact) mass is 508 g/mol. The van der Waals surface area contributed by atoms with Crippen molar-refractivity contribution in [3.63, 3.8) is 0 Å². The summed E-state index contributed by atoms with van der Waals surface area (Å²) in [5.74, 6) is 1.75. The fourth-order valence-corrected chi connectivity index (χ4v) is 9.92. The minimum absolute atomic E-state index is 0.301. The van der Waals surface area contributed by atoms with E-state index in [1.165, 1.54) is 25.7 Å². The molecule has 5 rings (SSSR count). The second-order valence-corrected chi connectivity index (χ2v) is 13.0. The molecule has 0 amide bonds. The van der Waals surface area contributed by atoms with E-state index in [1.807, 2.05) is 13.8 Å². The third-order valence-corrected chi connectivity index (χ3v) is 12.0. The van der Waals surface area contributed by atoms with E-state index in [9.17, 15) is 5.11 Å². The van der Waals surface area contributed by atoms with Gasteiger partial charge < -0.3 is 28.8 Å². The Morgan fingerprint density at radius 2 is 1.47 bits per heavy atom. The molecule has 6 nitrogen and oxygen atoms in total. The van der Waals surface area contributed by atoms with E-state index in [-0.39, 0.29) is 11.0 Å². The Morgan fingerprint density at radius 3 is 2.17 bits per heavy atom. The fraction of sp³-hybridized carbons (Fsp3) is 1.00. The molecule has 0 aromatic rings. The van der Waals surface area contributed by atoms with Crippen LogP contribution in [0.25, 0.3) is 0 Å². The Bertz CT molecular complexity index is 771. The summed E-state index contributed by atoms with van der Waals surface area (Å²) < 4.78 is 30.7. The van der Waals surface area contributed by atoms with Crippen molar-refractivity contribution < 1.29 is 28.8 Å². The van der Waals surface area contributed by atoms with E-state index in [0.29, 0.717) is 62.7 Å². The van der Waals surface area contributed by atoms with Gasteiger partial charge in [0.2, 0.25) is 0 Å². The van der Waals surface area contributed by atoms with Crippen molar-refractivity contribution in [1.82, 2.24) is 0 Å². The van der Waals surface area contributed by atoms with E-state index in [1.54, 1.807) is 0 Å². The number of ether oxygens (including phenoxy) is 5. The average molecular weight is 509 g/mol. The van der Waals surface area contributed by atoms with Crippen molar-refractivity contribution in [3.05, 3.63) is 0 Å². The van der Waals surface area contributed by atoms with Gasteiger partial charge >= 0.3 is 0 Å². The number of rotatable bonds is 11. The lowest BCUT2D eigenvalue weighted by atomic mass is 9.42. The van der Waals surface area contributed by atoms with Crippen LogP contribution in [0.3, 0.4) is 0 Å². The van der Waals surface area contributed by atoms with Crippen molar-refractivity contribution in [1.29, 1.82) is 0 Å². The van der Waals surface area contributed by atoms with Gasteiger partial charge in [0.1, 0.15) is 19.2 Å². The molecule has 8 atom stereocenters. The predicted octanol–water partition coefficient (Wildman–Crippen LogP) is 5.84. The third-order valence-electron chi connectivity index (χ3n) is 12.0.